The molecule has 0 aromatic heterocycles. The molecule has 0 spiro atoms. The fourth-order valence-corrected chi connectivity index (χ4v) is 4.18. The Labute approximate surface area is 166 Å². The van der Waals surface area contributed by atoms with Gasteiger partial charge in [-0.25, -0.2) is 0 Å². The van der Waals surface area contributed by atoms with E-state index in [1.54, 1.807) is 0 Å². The van der Waals surface area contributed by atoms with Crippen LogP contribution in [0.2, 0.25) is 5.02 Å². The number of para-hydroxylation sites is 2. The predicted octanol–water partition coefficient (Wildman–Crippen LogP) is 4.18. The van der Waals surface area contributed by atoms with Crippen molar-refractivity contribution in [2.45, 2.75) is 25.8 Å². The Balaban J connectivity index is 1.47. The molecule has 2 aliphatic heterocycles. The lowest BCUT2D eigenvalue weighted by Gasteiger charge is -2.38. The van der Waals surface area contributed by atoms with Crippen LogP contribution in [0, 0.1) is 0 Å². The Kier molecular flexibility index (Phi) is 5.65. The summed E-state index contributed by atoms with van der Waals surface area (Å²) in [6, 6.07) is 16.2. The number of nitrogens with zero attached hydrogens (tertiary/aromatic N) is 3. The Morgan fingerprint density at radius 2 is 1.59 bits per heavy atom. The van der Waals surface area contributed by atoms with Crippen LogP contribution in [0.15, 0.2) is 48.5 Å². The molecule has 0 bridgehead atoms. The molecule has 4 rings (SSSR count). The van der Waals surface area contributed by atoms with Crippen LogP contribution in [-0.4, -0.2) is 43.5 Å². The SMILES string of the molecule is O=C(CCN1CCCC1)N1CCN(Cc2ccc(Cl)cc2)c2ccccc21. The summed E-state index contributed by atoms with van der Waals surface area (Å²) in [4.78, 5) is 19.6. The molecule has 0 N–H and O–H groups in total. The number of fused-ring (bicyclic) bond motifs is 1. The highest BCUT2D eigenvalue weighted by atomic mass is 35.5. The minimum atomic E-state index is 0.237. The van der Waals surface area contributed by atoms with Gasteiger partial charge in [0.1, 0.15) is 0 Å². The van der Waals surface area contributed by atoms with E-state index >= 15 is 0 Å². The largest absolute Gasteiger partial charge is 0.364 e. The number of rotatable bonds is 5. The number of carbonyl (C=O) groups is 1. The molecule has 1 amide bonds. The molecule has 0 atom stereocenters. The highest BCUT2D eigenvalue weighted by Crippen LogP contribution is 2.34. The van der Waals surface area contributed by atoms with E-state index < -0.39 is 0 Å². The summed E-state index contributed by atoms with van der Waals surface area (Å²) < 4.78 is 0. The maximum absolute atomic E-state index is 12.9. The number of hydrogen-bond donors (Lipinski definition) is 0. The number of carbonyl (C=O) groups excluding carboxylic acids is 1. The lowest BCUT2D eigenvalue weighted by Crippen LogP contribution is -2.44. The molecule has 2 aliphatic rings. The molecule has 1 saturated heterocycles. The van der Waals surface area contributed by atoms with E-state index in [2.05, 4.69) is 34.1 Å². The van der Waals surface area contributed by atoms with Crippen LogP contribution in [-0.2, 0) is 11.3 Å². The van der Waals surface area contributed by atoms with Crippen LogP contribution in [0.25, 0.3) is 0 Å². The van der Waals surface area contributed by atoms with E-state index in [9.17, 15) is 4.79 Å². The van der Waals surface area contributed by atoms with Crippen molar-refractivity contribution >= 4 is 28.9 Å². The Morgan fingerprint density at radius 1 is 0.889 bits per heavy atom. The van der Waals surface area contributed by atoms with Gasteiger partial charge >= 0.3 is 0 Å². The van der Waals surface area contributed by atoms with Crippen molar-refractivity contribution in [1.82, 2.24) is 4.90 Å². The first-order valence-corrected chi connectivity index (χ1v) is 10.2. The fourth-order valence-electron chi connectivity index (χ4n) is 4.05. The number of amides is 1. The second-order valence-electron chi connectivity index (χ2n) is 7.38. The normalized spacial score (nSPS) is 17.2. The third kappa shape index (κ3) is 4.28. The van der Waals surface area contributed by atoms with Gasteiger partial charge in [-0.2, -0.15) is 0 Å². The summed E-state index contributed by atoms with van der Waals surface area (Å²) in [5.74, 6) is 0.237. The molecule has 1 fully saturated rings. The molecular formula is C22H26ClN3O. The summed E-state index contributed by atoms with van der Waals surface area (Å²) in [5, 5.41) is 0.757. The third-order valence-electron chi connectivity index (χ3n) is 5.54. The van der Waals surface area contributed by atoms with Crippen molar-refractivity contribution in [3.63, 3.8) is 0 Å². The molecule has 2 heterocycles. The maximum Gasteiger partial charge on any atom is 0.228 e. The smallest absolute Gasteiger partial charge is 0.228 e. The number of benzene rings is 2. The molecule has 0 saturated carbocycles. The second-order valence-corrected chi connectivity index (χ2v) is 7.82. The summed E-state index contributed by atoms with van der Waals surface area (Å²) in [6.07, 6.45) is 3.13. The molecule has 5 heteroatoms. The zero-order chi connectivity index (χ0) is 18.6. The van der Waals surface area contributed by atoms with Gasteiger partial charge in [-0.3, -0.25) is 4.79 Å². The van der Waals surface area contributed by atoms with Gasteiger partial charge in [-0.15, -0.1) is 0 Å². The van der Waals surface area contributed by atoms with Crippen LogP contribution in [0.3, 0.4) is 0 Å². The predicted molar refractivity (Wildman–Crippen MR) is 112 cm³/mol. The number of halogens is 1. The van der Waals surface area contributed by atoms with Crippen molar-refractivity contribution in [2.24, 2.45) is 0 Å². The minimum absolute atomic E-state index is 0.237. The van der Waals surface area contributed by atoms with Crippen molar-refractivity contribution < 1.29 is 4.79 Å². The van der Waals surface area contributed by atoms with E-state index in [0.29, 0.717) is 6.42 Å². The second kappa shape index (κ2) is 8.32. The van der Waals surface area contributed by atoms with Gasteiger partial charge in [0.2, 0.25) is 5.91 Å². The Hall–Kier alpha value is -2.04. The van der Waals surface area contributed by atoms with Crippen LogP contribution >= 0.6 is 11.6 Å². The van der Waals surface area contributed by atoms with Crippen molar-refractivity contribution in [2.75, 3.05) is 42.5 Å². The van der Waals surface area contributed by atoms with Crippen molar-refractivity contribution in [1.29, 1.82) is 0 Å². The first-order valence-electron chi connectivity index (χ1n) is 9.82. The first kappa shape index (κ1) is 18.3. The van der Waals surface area contributed by atoms with Gasteiger partial charge in [0.25, 0.3) is 0 Å². The van der Waals surface area contributed by atoms with Gasteiger partial charge in [0, 0.05) is 37.6 Å². The van der Waals surface area contributed by atoms with Gasteiger partial charge in [0.05, 0.1) is 11.4 Å². The summed E-state index contributed by atoms with van der Waals surface area (Å²) in [6.45, 7) is 5.56. The molecule has 2 aromatic rings. The van der Waals surface area contributed by atoms with Crippen LogP contribution in [0.4, 0.5) is 11.4 Å². The maximum atomic E-state index is 12.9. The molecule has 0 aliphatic carbocycles. The first-order chi connectivity index (χ1) is 13.2. The summed E-state index contributed by atoms with van der Waals surface area (Å²) in [7, 11) is 0. The van der Waals surface area contributed by atoms with Gasteiger partial charge in [0.15, 0.2) is 0 Å². The number of anilines is 2. The lowest BCUT2D eigenvalue weighted by atomic mass is 10.1. The average Bonchev–Trinajstić information content (AvgIpc) is 3.22. The van der Waals surface area contributed by atoms with E-state index in [1.807, 2.05) is 29.2 Å². The Bertz CT molecular complexity index is 786. The molecule has 0 unspecified atom stereocenters. The molecule has 0 radical (unpaired) electrons. The van der Waals surface area contributed by atoms with Gasteiger partial charge in [-0.05, 0) is 55.8 Å². The average molecular weight is 384 g/mol. The summed E-state index contributed by atoms with van der Waals surface area (Å²) in [5.41, 5.74) is 3.39. The fraction of sp³-hybridized carbons (Fsp3) is 0.409. The van der Waals surface area contributed by atoms with E-state index in [4.69, 9.17) is 11.6 Å². The molecule has 142 valence electrons. The van der Waals surface area contributed by atoms with E-state index in [-0.39, 0.29) is 5.91 Å². The number of likely N-dealkylation sites (tertiary alicyclic amines) is 1. The Morgan fingerprint density at radius 3 is 2.33 bits per heavy atom. The van der Waals surface area contributed by atoms with E-state index in [0.717, 1.165) is 55.7 Å². The molecular weight excluding hydrogens is 358 g/mol. The topological polar surface area (TPSA) is 26.8 Å². The monoisotopic (exact) mass is 383 g/mol. The highest BCUT2D eigenvalue weighted by molar-refractivity contribution is 6.30. The zero-order valence-electron chi connectivity index (χ0n) is 15.6. The van der Waals surface area contributed by atoms with E-state index in [1.165, 1.54) is 18.4 Å². The van der Waals surface area contributed by atoms with Crippen molar-refractivity contribution in [3.05, 3.63) is 59.1 Å². The summed E-state index contributed by atoms with van der Waals surface area (Å²) >= 11 is 6.00. The number of hydrogen-bond acceptors (Lipinski definition) is 3. The molecule has 4 nitrogen and oxygen atoms in total. The van der Waals surface area contributed by atoms with Crippen molar-refractivity contribution in [3.8, 4) is 0 Å². The highest BCUT2D eigenvalue weighted by Gasteiger charge is 2.26. The minimum Gasteiger partial charge on any atom is -0.364 e. The van der Waals surface area contributed by atoms with Crippen LogP contribution in [0.1, 0.15) is 24.8 Å². The lowest BCUT2D eigenvalue weighted by molar-refractivity contribution is -0.118. The molecule has 2 aromatic carbocycles. The van der Waals surface area contributed by atoms with Crippen LogP contribution in [0.5, 0.6) is 0 Å². The van der Waals surface area contributed by atoms with Gasteiger partial charge < -0.3 is 14.7 Å². The quantitative estimate of drug-likeness (QED) is 0.774. The standard InChI is InChI=1S/C22H26ClN3O/c23-19-9-7-18(8-10-19)17-25-15-16-26(21-6-2-1-5-20(21)25)22(27)11-14-24-12-3-4-13-24/h1-2,5-10H,3-4,11-17H2. The van der Waals surface area contributed by atoms with Crippen LogP contribution < -0.4 is 9.80 Å². The molecule has 27 heavy (non-hydrogen) atoms. The van der Waals surface area contributed by atoms with Gasteiger partial charge in [-0.1, -0.05) is 35.9 Å². The zero-order valence-corrected chi connectivity index (χ0v) is 16.4. The third-order valence-corrected chi connectivity index (χ3v) is 5.79.